The Balaban J connectivity index is 2.24. The van der Waals surface area contributed by atoms with Crippen molar-refractivity contribution in [1.82, 2.24) is 4.98 Å². The van der Waals surface area contributed by atoms with E-state index in [2.05, 4.69) is 4.98 Å². The Morgan fingerprint density at radius 2 is 1.75 bits per heavy atom. The number of anilines is 1. The molecule has 1 heterocycles. The highest BCUT2D eigenvalue weighted by atomic mass is 35.5. The SMILES string of the molecule is Nc1cccc(Cl)c1C(=O)c1c[nH]c2cccc(Cl)c12. The van der Waals surface area contributed by atoms with Crippen LogP contribution >= 0.6 is 23.2 Å². The first-order chi connectivity index (χ1) is 9.59. The van der Waals surface area contributed by atoms with Crippen LogP contribution in [0.2, 0.25) is 10.0 Å². The van der Waals surface area contributed by atoms with Crippen molar-refractivity contribution in [3.63, 3.8) is 0 Å². The molecule has 0 spiro atoms. The molecular weight excluding hydrogens is 295 g/mol. The van der Waals surface area contributed by atoms with Gasteiger partial charge in [0.25, 0.3) is 0 Å². The van der Waals surface area contributed by atoms with E-state index in [4.69, 9.17) is 28.9 Å². The number of carbonyl (C=O) groups is 1. The fourth-order valence-electron chi connectivity index (χ4n) is 2.23. The molecule has 0 aliphatic rings. The van der Waals surface area contributed by atoms with Gasteiger partial charge in [-0.3, -0.25) is 4.79 Å². The number of nitrogens with two attached hydrogens (primary N) is 1. The summed E-state index contributed by atoms with van der Waals surface area (Å²) in [6, 6.07) is 10.4. The molecule has 0 aliphatic heterocycles. The Hall–Kier alpha value is -1.97. The van der Waals surface area contributed by atoms with E-state index < -0.39 is 0 Å². The molecule has 0 saturated carbocycles. The molecule has 100 valence electrons. The molecule has 0 saturated heterocycles. The zero-order valence-corrected chi connectivity index (χ0v) is 11.8. The van der Waals surface area contributed by atoms with Gasteiger partial charge in [-0.25, -0.2) is 0 Å². The number of benzene rings is 2. The molecule has 3 N–H and O–H groups in total. The predicted octanol–water partition coefficient (Wildman–Crippen LogP) is 4.29. The predicted molar refractivity (Wildman–Crippen MR) is 82.6 cm³/mol. The number of H-pyrrole nitrogens is 1. The molecule has 0 atom stereocenters. The van der Waals surface area contributed by atoms with Gasteiger partial charge in [0.15, 0.2) is 5.78 Å². The third kappa shape index (κ3) is 1.96. The fourth-order valence-corrected chi connectivity index (χ4v) is 2.78. The first-order valence-corrected chi connectivity index (χ1v) is 6.69. The van der Waals surface area contributed by atoms with Crippen LogP contribution in [0, 0.1) is 0 Å². The second kappa shape index (κ2) is 4.85. The summed E-state index contributed by atoms with van der Waals surface area (Å²) < 4.78 is 0. The first kappa shape index (κ1) is 13.0. The molecule has 2 aromatic carbocycles. The number of ketones is 1. The molecule has 0 unspecified atom stereocenters. The largest absolute Gasteiger partial charge is 0.398 e. The van der Waals surface area contributed by atoms with Crippen LogP contribution in [0.1, 0.15) is 15.9 Å². The lowest BCUT2D eigenvalue weighted by atomic mass is 10.0. The zero-order chi connectivity index (χ0) is 14.3. The van der Waals surface area contributed by atoms with Crippen LogP contribution in [0.25, 0.3) is 10.9 Å². The molecule has 1 aromatic heterocycles. The van der Waals surface area contributed by atoms with Crippen molar-refractivity contribution < 1.29 is 4.79 Å². The van der Waals surface area contributed by atoms with Crippen LogP contribution in [0.5, 0.6) is 0 Å². The lowest BCUT2D eigenvalue weighted by Crippen LogP contribution is -2.05. The van der Waals surface area contributed by atoms with Crippen LogP contribution in [0.15, 0.2) is 42.6 Å². The molecule has 0 aliphatic carbocycles. The fraction of sp³-hybridized carbons (Fsp3) is 0. The van der Waals surface area contributed by atoms with Crippen LogP contribution in [-0.2, 0) is 0 Å². The molecule has 0 radical (unpaired) electrons. The van der Waals surface area contributed by atoms with Gasteiger partial charge >= 0.3 is 0 Å². The quantitative estimate of drug-likeness (QED) is 0.548. The van der Waals surface area contributed by atoms with E-state index >= 15 is 0 Å². The summed E-state index contributed by atoms with van der Waals surface area (Å²) in [6.45, 7) is 0. The minimum atomic E-state index is -0.243. The minimum Gasteiger partial charge on any atom is -0.398 e. The highest BCUT2D eigenvalue weighted by Crippen LogP contribution is 2.31. The smallest absolute Gasteiger partial charge is 0.198 e. The topological polar surface area (TPSA) is 58.9 Å². The lowest BCUT2D eigenvalue weighted by molar-refractivity contribution is 0.104. The summed E-state index contributed by atoms with van der Waals surface area (Å²) in [5.41, 5.74) is 7.77. The standard InChI is InChI=1S/C15H10Cl2N2O/c16-9-4-2-6-12-13(9)8(7-19-12)15(20)14-10(17)3-1-5-11(14)18/h1-7,19H,18H2. The third-order valence-electron chi connectivity index (χ3n) is 3.17. The molecule has 3 nitrogen and oxygen atoms in total. The van der Waals surface area contributed by atoms with Crippen molar-refractivity contribution in [2.45, 2.75) is 0 Å². The number of halogens is 2. The van der Waals surface area contributed by atoms with Gasteiger partial charge in [0.2, 0.25) is 0 Å². The highest BCUT2D eigenvalue weighted by molar-refractivity contribution is 6.39. The van der Waals surface area contributed by atoms with Crippen LogP contribution in [0.3, 0.4) is 0 Å². The van der Waals surface area contributed by atoms with E-state index in [0.717, 1.165) is 5.52 Å². The number of nitrogen functional groups attached to an aromatic ring is 1. The van der Waals surface area contributed by atoms with Crippen molar-refractivity contribution in [2.24, 2.45) is 0 Å². The van der Waals surface area contributed by atoms with Gasteiger partial charge in [0, 0.05) is 28.4 Å². The first-order valence-electron chi connectivity index (χ1n) is 5.94. The number of hydrogen-bond donors (Lipinski definition) is 2. The summed E-state index contributed by atoms with van der Waals surface area (Å²) >= 11 is 12.3. The van der Waals surface area contributed by atoms with Crippen LogP contribution in [-0.4, -0.2) is 10.8 Å². The van der Waals surface area contributed by atoms with Crippen molar-refractivity contribution in [3.05, 3.63) is 63.8 Å². The maximum atomic E-state index is 12.7. The maximum Gasteiger partial charge on any atom is 0.198 e. The monoisotopic (exact) mass is 304 g/mol. The van der Waals surface area contributed by atoms with Crippen molar-refractivity contribution in [1.29, 1.82) is 0 Å². The Labute approximate surface area is 125 Å². The second-order valence-electron chi connectivity index (χ2n) is 4.40. The van der Waals surface area contributed by atoms with E-state index in [1.165, 1.54) is 0 Å². The number of fused-ring (bicyclic) bond motifs is 1. The maximum absolute atomic E-state index is 12.7. The summed E-state index contributed by atoms with van der Waals surface area (Å²) in [5.74, 6) is -0.243. The van der Waals surface area contributed by atoms with Gasteiger partial charge in [-0.1, -0.05) is 35.3 Å². The Bertz CT molecular complexity index is 804. The minimum absolute atomic E-state index is 0.243. The van der Waals surface area contributed by atoms with Crippen molar-refractivity contribution in [2.75, 3.05) is 5.73 Å². The van der Waals surface area contributed by atoms with Gasteiger partial charge in [0.05, 0.1) is 15.6 Å². The van der Waals surface area contributed by atoms with Gasteiger partial charge in [0.1, 0.15) is 0 Å². The molecule has 3 aromatic rings. The molecule has 0 amide bonds. The number of rotatable bonds is 2. The number of carbonyl (C=O) groups excluding carboxylic acids is 1. The van der Waals surface area contributed by atoms with Crippen molar-refractivity contribution >= 4 is 45.6 Å². The number of hydrogen-bond acceptors (Lipinski definition) is 2. The van der Waals surface area contributed by atoms with Crippen molar-refractivity contribution in [3.8, 4) is 0 Å². The van der Waals surface area contributed by atoms with Gasteiger partial charge in [-0.15, -0.1) is 0 Å². The van der Waals surface area contributed by atoms with E-state index in [0.29, 0.717) is 32.2 Å². The summed E-state index contributed by atoms with van der Waals surface area (Å²) in [5, 5.41) is 1.52. The Morgan fingerprint density at radius 1 is 1.05 bits per heavy atom. The van der Waals surface area contributed by atoms with Gasteiger partial charge < -0.3 is 10.7 Å². The van der Waals surface area contributed by atoms with E-state index in [1.54, 1.807) is 30.5 Å². The van der Waals surface area contributed by atoms with Crippen LogP contribution < -0.4 is 5.73 Å². The zero-order valence-electron chi connectivity index (χ0n) is 10.3. The highest BCUT2D eigenvalue weighted by Gasteiger charge is 2.20. The normalized spacial score (nSPS) is 10.9. The summed E-state index contributed by atoms with van der Waals surface area (Å²) in [4.78, 5) is 15.7. The van der Waals surface area contributed by atoms with Crippen LogP contribution in [0.4, 0.5) is 5.69 Å². The van der Waals surface area contributed by atoms with E-state index in [9.17, 15) is 4.79 Å². The number of aromatic nitrogens is 1. The molecule has 3 rings (SSSR count). The van der Waals surface area contributed by atoms with E-state index in [1.807, 2.05) is 12.1 Å². The van der Waals surface area contributed by atoms with E-state index in [-0.39, 0.29) is 5.78 Å². The Morgan fingerprint density at radius 3 is 2.50 bits per heavy atom. The third-order valence-corrected chi connectivity index (χ3v) is 3.80. The Kier molecular flexibility index (Phi) is 3.16. The number of nitrogens with one attached hydrogen (secondary N) is 1. The second-order valence-corrected chi connectivity index (χ2v) is 5.21. The van der Waals surface area contributed by atoms with Gasteiger partial charge in [-0.05, 0) is 24.3 Å². The summed E-state index contributed by atoms with van der Waals surface area (Å²) in [6.07, 6.45) is 1.63. The molecule has 0 fully saturated rings. The van der Waals surface area contributed by atoms with Gasteiger partial charge in [-0.2, -0.15) is 0 Å². The lowest BCUT2D eigenvalue weighted by Gasteiger charge is -2.06. The molecule has 5 heteroatoms. The molecular formula is C15H10Cl2N2O. The average Bonchev–Trinajstić information content (AvgIpc) is 2.83. The molecule has 20 heavy (non-hydrogen) atoms. The molecule has 0 bridgehead atoms. The summed E-state index contributed by atoms with van der Waals surface area (Å²) in [7, 11) is 0. The average molecular weight is 305 g/mol. The number of aromatic amines is 1.